The van der Waals surface area contributed by atoms with Crippen molar-refractivity contribution in [3.05, 3.63) is 108 Å². The third-order valence-corrected chi connectivity index (χ3v) is 11.0. The minimum absolute atomic E-state index is 0.0919. The monoisotopic (exact) mass is 650 g/mol. The Hall–Kier alpha value is -4.79. The third-order valence-electron chi connectivity index (χ3n) is 11.0. The van der Waals surface area contributed by atoms with E-state index in [0.717, 1.165) is 27.5 Å². The minimum atomic E-state index is -0.748. The number of nitrogens with zero attached hydrogens (tertiary/aromatic N) is 2. The van der Waals surface area contributed by atoms with E-state index >= 15 is 0 Å². The van der Waals surface area contributed by atoms with Crippen LogP contribution in [0.5, 0.6) is 11.5 Å². The van der Waals surface area contributed by atoms with Crippen LogP contribution in [-0.4, -0.2) is 22.2 Å². The molecular formula is C39H42N2O7. The zero-order valence-corrected chi connectivity index (χ0v) is 29.0. The summed E-state index contributed by atoms with van der Waals surface area (Å²) in [4.78, 5) is 65.6. The summed E-state index contributed by atoms with van der Waals surface area (Å²) in [5.74, 6) is 1.32. The summed E-state index contributed by atoms with van der Waals surface area (Å²) in [6.45, 7) is 16.2. The Morgan fingerprint density at radius 3 is 1.60 bits per heavy atom. The Kier molecular flexibility index (Phi) is 7.50. The molecule has 5 aromatic rings. The average Bonchev–Trinajstić information content (AvgIpc) is 3.50. The lowest BCUT2D eigenvalue weighted by Crippen LogP contribution is -2.40. The first-order valence-electron chi connectivity index (χ1n) is 16.3. The summed E-state index contributed by atoms with van der Waals surface area (Å²) < 4.78 is 13.5. The van der Waals surface area contributed by atoms with Gasteiger partial charge in [-0.1, -0.05) is 46.8 Å². The van der Waals surface area contributed by atoms with Gasteiger partial charge in [-0.15, -0.1) is 0 Å². The van der Waals surface area contributed by atoms with Crippen LogP contribution in [0.4, 0.5) is 0 Å². The Balaban J connectivity index is 1.23. The van der Waals surface area contributed by atoms with Crippen LogP contribution in [0.1, 0.15) is 73.8 Å². The lowest BCUT2D eigenvalue weighted by atomic mass is 9.60. The lowest BCUT2D eigenvalue weighted by Gasteiger charge is -2.44. The van der Waals surface area contributed by atoms with Gasteiger partial charge in [-0.3, -0.25) is 28.5 Å². The molecule has 6 rings (SSSR count). The Bertz CT molecular complexity index is 2210. The molecule has 0 saturated heterocycles. The molecule has 1 aliphatic carbocycles. The van der Waals surface area contributed by atoms with Crippen molar-refractivity contribution < 1.29 is 14.3 Å². The van der Waals surface area contributed by atoms with E-state index in [0.29, 0.717) is 23.1 Å². The highest BCUT2D eigenvalue weighted by atomic mass is 16.5. The van der Waals surface area contributed by atoms with Crippen molar-refractivity contribution in [1.29, 1.82) is 0 Å². The van der Waals surface area contributed by atoms with Crippen LogP contribution in [0.25, 0.3) is 27.2 Å². The molecule has 250 valence electrons. The van der Waals surface area contributed by atoms with E-state index < -0.39 is 33.2 Å². The van der Waals surface area contributed by atoms with E-state index in [4.69, 9.17) is 9.47 Å². The van der Waals surface area contributed by atoms with Gasteiger partial charge in [0.1, 0.15) is 11.5 Å². The molecule has 1 saturated carbocycles. The molecule has 48 heavy (non-hydrogen) atoms. The van der Waals surface area contributed by atoms with Gasteiger partial charge in [0.15, 0.2) is 0 Å². The number of esters is 1. The molecule has 0 N–H and O–H groups in total. The van der Waals surface area contributed by atoms with Gasteiger partial charge < -0.3 is 9.47 Å². The molecule has 2 aromatic heterocycles. The molecule has 2 unspecified atom stereocenters. The predicted octanol–water partition coefficient (Wildman–Crippen LogP) is 6.34. The third kappa shape index (κ3) is 5.02. The molecule has 0 aliphatic heterocycles. The van der Waals surface area contributed by atoms with Crippen molar-refractivity contribution in [2.75, 3.05) is 7.11 Å². The van der Waals surface area contributed by atoms with Crippen LogP contribution in [0.15, 0.2) is 79.8 Å². The molecule has 3 aromatic carbocycles. The van der Waals surface area contributed by atoms with Crippen molar-refractivity contribution in [1.82, 2.24) is 9.13 Å². The molecule has 2 heterocycles. The zero-order chi connectivity index (χ0) is 35.1. The summed E-state index contributed by atoms with van der Waals surface area (Å²) in [5, 5.41) is 0.436. The van der Waals surface area contributed by atoms with E-state index in [-0.39, 0.29) is 38.3 Å². The maximum atomic E-state index is 13.4. The highest BCUT2D eigenvalue weighted by Crippen LogP contribution is 2.62. The van der Waals surface area contributed by atoms with Crippen LogP contribution in [-0.2, 0) is 20.5 Å². The molecule has 9 nitrogen and oxygen atoms in total. The van der Waals surface area contributed by atoms with Gasteiger partial charge >= 0.3 is 5.97 Å². The number of carbonyl (C=O) groups is 1. The van der Waals surface area contributed by atoms with Gasteiger partial charge in [0.05, 0.1) is 39.8 Å². The summed E-state index contributed by atoms with van der Waals surface area (Å²) in [7, 11) is 1.46. The molecule has 0 spiro atoms. The lowest BCUT2D eigenvalue weighted by molar-refractivity contribution is -0.149. The molecule has 2 atom stereocenters. The Morgan fingerprint density at radius 2 is 1.19 bits per heavy atom. The van der Waals surface area contributed by atoms with E-state index in [1.54, 1.807) is 45.0 Å². The molecule has 1 aliphatic rings. The van der Waals surface area contributed by atoms with Crippen molar-refractivity contribution in [2.45, 2.75) is 79.2 Å². The number of hydrogen-bond acceptors (Lipinski definition) is 7. The standard InChI is InChI=1S/C39H42N2O7/c1-22-20-39(22,35(46)47-9)21-37(5,6)38(7,8)23-10-14-25(15-11-23)48-26-16-12-24(13-17-26)40-31(42)27-18-29-30(19-28(27)32(40)43)34(45)41(33(29)44)36(2,3)4/h10-19,22H,20-21H2,1-9H3. The molecule has 0 amide bonds. The van der Waals surface area contributed by atoms with Crippen LogP contribution in [0, 0.1) is 16.7 Å². The normalized spacial score (nSPS) is 18.4. The Labute approximate surface area is 278 Å². The summed E-state index contributed by atoms with van der Waals surface area (Å²) in [5.41, 5.74) is -2.25. The summed E-state index contributed by atoms with van der Waals surface area (Å²) in [6, 6.07) is 17.2. The zero-order valence-electron chi connectivity index (χ0n) is 29.0. The van der Waals surface area contributed by atoms with Gasteiger partial charge in [0.25, 0.3) is 22.2 Å². The number of benzene rings is 3. The van der Waals surface area contributed by atoms with Gasteiger partial charge in [0.2, 0.25) is 0 Å². The molecular weight excluding hydrogens is 608 g/mol. The fourth-order valence-corrected chi connectivity index (χ4v) is 7.25. The SMILES string of the molecule is COC(=O)C1(CC(C)(C)C(C)(C)c2ccc(Oc3ccc(-n4c(=O)c5cc6c(=O)n(C(C)(C)C)c(=O)c6cc5c4=O)cc3)cc2)CC1C. The second-order valence-electron chi connectivity index (χ2n) is 15.6. The van der Waals surface area contributed by atoms with Crippen LogP contribution >= 0.6 is 0 Å². The van der Waals surface area contributed by atoms with E-state index in [1.165, 1.54) is 19.2 Å². The van der Waals surface area contributed by atoms with Crippen LogP contribution in [0.2, 0.25) is 0 Å². The number of carbonyl (C=O) groups excluding carboxylic acids is 1. The first kappa shape index (κ1) is 33.1. The average molecular weight is 651 g/mol. The largest absolute Gasteiger partial charge is 0.469 e. The molecule has 0 bridgehead atoms. The number of rotatable bonds is 8. The quantitative estimate of drug-likeness (QED) is 0.180. The Morgan fingerprint density at radius 1 is 0.750 bits per heavy atom. The van der Waals surface area contributed by atoms with Gasteiger partial charge in [-0.2, -0.15) is 0 Å². The maximum absolute atomic E-state index is 13.4. The second kappa shape index (κ2) is 10.9. The van der Waals surface area contributed by atoms with Gasteiger partial charge in [-0.05, 0) is 104 Å². The van der Waals surface area contributed by atoms with Crippen LogP contribution < -0.4 is 27.0 Å². The highest BCUT2D eigenvalue weighted by Gasteiger charge is 2.61. The number of fused-ring (bicyclic) bond motifs is 2. The maximum Gasteiger partial charge on any atom is 0.312 e. The number of ether oxygens (including phenoxy) is 2. The number of methoxy groups -OCH3 is 1. The topological polar surface area (TPSA) is 114 Å². The van der Waals surface area contributed by atoms with Crippen molar-refractivity contribution >= 4 is 27.5 Å². The fraction of sp³-hybridized carbons (Fsp3) is 0.410. The molecule has 1 fully saturated rings. The summed E-state index contributed by atoms with van der Waals surface area (Å²) >= 11 is 0. The van der Waals surface area contributed by atoms with E-state index in [1.807, 2.05) is 24.3 Å². The first-order chi connectivity index (χ1) is 22.3. The van der Waals surface area contributed by atoms with Crippen molar-refractivity contribution in [3.63, 3.8) is 0 Å². The molecule has 9 heteroatoms. The van der Waals surface area contributed by atoms with E-state index in [2.05, 4.69) is 34.6 Å². The fourth-order valence-electron chi connectivity index (χ4n) is 7.25. The smallest absolute Gasteiger partial charge is 0.312 e. The van der Waals surface area contributed by atoms with E-state index in [9.17, 15) is 24.0 Å². The highest BCUT2D eigenvalue weighted by molar-refractivity contribution is 5.98. The second-order valence-corrected chi connectivity index (χ2v) is 15.6. The first-order valence-corrected chi connectivity index (χ1v) is 16.3. The predicted molar refractivity (Wildman–Crippen MR) is 187 cm³/mol. The van der Waals surface area contributed by atoms with Gasteiger partial charge in [-0.25, -0.2) is 4.57 Å². The summed E-state index contributed by atoms with van der Waals surface area (Å²) in [6.07, 6.45) is 1.57. The van der Waals surface area contributed by atoms with Gasteiger partial charge in [0, 0.05) is 5.54 Å². The number of hydrogen-bond donors (Lipinski definition) is 0. The van der Waals surface area contributed by atoms with Crippen LogP contribution in [0.3, 0.4) is 0 Å². The van der Waals surface area contributed by atoms with Crippen molar-refractivity contribution in [3.8, 4) is 17.2 Å². The number of aromatic nitrogens is 2. The molecule has 0 radical (unpaired) electrons. The van der Waals surface area contributed by atoms with Crippen molar-refractivity contribution in [2.24, 2.45) is 16.7 Å². The minimum Gasteiger partial charge on any atom is -0.469 e.